The van der Waals surface area contributed by atoms with E-state index in [4.69, 9.17) is 20.8 Å². The Morgan fingerprint density at radius 3 is 2.35 bits per heavy atom. The molecule has 0 N–H and O–H groups in total. The Morgan fingerprint density at radius 1 is 1.30 bits per heavy atom. The normalized spacial score (nSPS) is 12.2. The average molecular weight is 296 g/mol. The molecule has 0 aliphatic rings. The van der Waals surface area contributed by atoms with Crippen LogP contribution < -0.4 is 4.74 Å². The Kier molecular flexibility index (Phi) is 3.99. The summed E-state index contributed by atoms with van der Waals surface area (Å²) >= 11 is 6.33. The molecule has 1 heterocycles. The van der Waals surface area contributed by atoms with Crippen LogP contribution in [0.2, 0.25) is 0 Å². The highest BCUT2D eigenvalue weighted by Gasteiger charge is 2.20. The minimum absolute atomic E-state index is 0.312. The molecule has 1 atom stereocenters. The van der Waals surface area contributed by atoms with Gasteiger partial charge in [0.2, 0.25) is 0 Å². The van der Waals surface area contributed by atoms with Gasteiger partial charge in [0.05, 0.1) is 13.2 Å². The summed E-state index contributed by atoms with van der Waals surface area (Å²) in [5, 5.41) is 10.0. The van der Waals surface area contributed by atoms with Crippen molar-refractivity contribution in [1.82, 2.24) is 0 Å². The second kappa shape index (κ2) is 5.54. The molecule has 106 valence electrons. The quantitative estimate of drug-likeness (QED) is 0.483. The highest BCUT2D eigenvalue weighted by Crippen LogP contribution is 2.35. The fraction of sp³-hybridized carbons (Fsp3) is 0.286. The van der Waals surface area contributed by atoms with Crippen molar-refractivity contribution in [2.75, 3.05) is 7.11 Å². The number of halogens is 1. The van der Waals surface area contributed by atoms with E-state index in [2.05, 4.69) is 0 Å². The van der Waals surface area contributed by atoms with Gasteiger partial charge in [-0.1, -0.05) is 12.1 Å². The minimum Gasteiger partial charge on any atom is -0.496 e. The number of rotatable bonds is 4. The third kappa shape index (κ3) is 2.63. The molecule has 0 fully saturated rings. The highest BCUT2D eigenvalue weighted by atomic mass is 35.5. The number of benzene rings is 1. The predicted molar refractivity (Wildman–Crippen MR) is 75.5 cm³/mol. The number of ether oxygens (including phenoxy) is 1. The topological polar surface area (TPSA) is 65.5 Å². The zero-order chi connectivity index (χ0) is 14.9. The summed E-state index contributed by atoms with van der Waals surface area (Å²) in [6.45, 7) is 3.84. The van der Waals surface area contributed by atoms with Crippen molar-refractivity contribution in [2.45, 2.75) is 19.2 Å². The minimum atomic E-state index is -0.586. The van der Waals surface area contributed by atoms with Gasteiger partial charge in [-0.3, -0.25) is 10.1 Å². The number of furan rings is 1. The second-order valence-electron chi connectivity index (χ2n) is 4.48. The van der Waals surface area contributed by atoms with E-state index in [1.807, 2.05) is 26.0 Å². The molecular weight excluding hydrogens is 282 g/mol. The number of nitro groups is 1. The Balaban J connectivity index is 2.37. The van der Waals surface area contributed by atoms with Crippen molar-refractivity contribution >= 4 is 17.5 Å². The molecule has 0 amide bonds. The van der Waals surface area contributed by atoms with Gasteiger partial charge < -0.3 is 9.15 Å². The lowest BCUT2D eigenvalue weighted by Gasteiger charge is -2.13. The van der Waals surface area contributed by atoms with E-state index in [-0.39, 0.29) is 5.88 Å². The molecule has 0 spiro atoms. The molecule has 0 aliphatic carbocycles. The van der Waals surface area contributed by atoms with Crippen molar-refractivity contribution in [3.8, 4) is 5.75 Å². The Bertz CT molecular complexity index is 627. The van der Waals surface area contributed by atoms with Crippen LogP contribution in [0, 0.1) is 24.0 Å². The van der Waals surface area contributed by atoms with Crippen LogP contribution in [0.25, 0.3) is 0 Å². The predicted octanol–water partition coefficient (Wildman–Crippen LogP) is 4.14. The monoisotopic (exact) mass is 295 g/mol. The van der Waals surface area contributed by atoms with Gasteiger partial charge in [0.25, 0.3) is 0 Å². The fourth-order valence-corrected chi connectivity index (χ4v) is 2.44. The summed E-state index contributed by atoms with van der Waals surface area (Å²) in [7, 11) is 1.61. The lowest BCUT2D eigenvalue weighted by atomic mass is 10.0. The summed E-state index contributed by atoms with van der Waals surface area (Å²) in [6, 6.07) is 6.59. The maximum atomic E-state index is 10.6. The molecule has 1 unspecified atom stereocenters. The molecule has 0 bridgehead atoms. The van der Waals surface area contributed by atoms with Crippen molar-refractivity contribution in [1.29, 1.82) is 0 Å². The zero-order valence-corrected chi connectivity index (χ0v) is 12.1. The van der Waals surface area contributed by atoms with E-state index in [1.54, 1.807) is 7.11 Å². The average Bonchev–Trinajstić information content (AvgIpc) is 2.87. The number of hydrogen-bond donors (Lipinski definition) is 0. The van der Waals surface area contributed by atoms with Crippen LogP contribution in [0.1, 0.15) is 27.8 Å². The van der Waals surface area contributed by atoms with Crippen LogP contribution in [0.4, 0.5) is 5.88 Å². The highest BCUT2D eigenvalue weighted by molar-refractivity contribution is 6.22. The van der Waals surface area contributed by atoms with Crippen LogP contribution in [-0.2, 0) is 0 Å². The van der Waals surface area contributed by atoms with Gasteiger partial charge in [-0.15, -0.1) is 11.6 Å². The summed E-state index contributed by atoms with van der Waals surface area (Å²) in [5.74, 6) is 0.845. The largest absolute Gasteiger partial charge is 0.496 e. The van der Waals surface area contributed by atoms with Gasteiger partial charge in [0.15, 0.2) is 0 Å². The van der Waals surface area contributed by atoms with Crippen LogP contribution in [-0.4, -0.2) is 12.0 Å². The van der Waals surface area contributed by atoms with Crippen LogP contribution in [0.3, 0.4) is 0 Å². The van der Waals surface area contributed by atoms with Gasteiger partial charge in [0.1, 0.15) is 21.8 Å². The van der Waals surface area contributed by atoms with E-state index in [0.717, 1.165) is 22.4 Å². The third-order valence-electron chi connectivity index (χ3n) is 3.02. The molecule has 6 heteroatoms. The van der Waals surface area contributed by atoms with Crippen molar-refractivity contribution in [3.63, 3.8) is 0 Å². The second-order valence-corrected chi connectivity index (χ2v) is 4.92. The fourth-order valence-electron chi connectivity index (χ4n) is 2.19. The Hall–Kier alpha value is -2.01. The van der Waals surface area contributed by atoms with Gasteiger partial charge in [-0.05, 0) is 36.6 Å². The molecule has 1 aromatic carbocycles. The van der Waals surface area contributed by atoms with Crippen molar-refractivity contribution in [3.05, 3.63) is 56.8 Å². The molecule has 0 saturated carbocycles. The lowest BCUT2D eigenvalue weighted by molar-refractivity contribution is -0.402. The number of alkyl halides is 1. The number of nitrogens with zero attached hydrogens (tertiary/aromatic N) is 1. The molecular formula is C14H14ClNO4. The van der Waals surface area contributed by atoms with Crippen LogP contribution in [0.5, 0.6) is 5.75 Å². The van der Waals surface area contributed by atoms with E-state index in [0.29, 0.717) is 5.76 Å². The first-order chi connectivity index (χ1) is 9.43. The van der Waals surface area contributed by atoms with E-state index < -0.39 is 10.3 Å². The van der Waals surface area contributed by atoms with Gasteiger partial charge in [-0.25, -0.2) is 0 Å². The van der Waals surface area contributed by atoms with Crippen LogP contribution >= 0.6 is 11.6 Å². The molecule has 1 aromatic heterocycles. The third-order valence-corrected chi connectivity index (χ3v) is 3.49. The summed E-state index contributed by atoms with van der Waals surface area (Å²) < 4.78 is 10.4. The first-order valence-corrected chi connectivity index (χ1v) is 6.41. The molecule has 0 radical (unpaired) electrons. The number of aryl methyl sites for hydroxylation is 2. The molecule has 2 rings (SSSR count). The maximum Gasteiger partial charge on any atom is 0.433 e. The van der Waals surface area contributed by atoms with Crippen molar-refractivity contribution < 1.29 is 14.1 Å². The van der Waals surface area contributed by atoms with E-state index >= 15 is 0 Å². The summed E-state index contributed by atoms with van der Waals surface area (Å²) in [4.78, 5) is 10.0. The SMILES string of the molecule is COc1c(C)cc(C(Cl)c2ccc([N+](=O)[O-])o2)cc1C. The van der Waals surface area contributed by atoms with Gasteiger partial charge in [0, 0.05) is 0 Å². The Labute approximate surface area is 121 Å². The zero-order valence-electron chi connectivity index (χ0n) is 11.3. The summed E-state index contributed by atoms with van der Waals surface area (Å²) in [5.41, 5.74) is 2.72. The summed E-state index contributed by atoms with van der Waals surface area (Å²) in [6.07, 6.45) is 0. The van der Waals surface area contributed by atoms with Crippen LogP contribution in [0.15, 0.2) is 28.7 Å². The smallest absolute Gasteiger partial charge is 0.433 e. The van der Waals surface area contributed by atoms with Crippen molar-refractivity contribution in [2.24, 2.45) is 0 Å². The maximum absolute atomic E-state index is 10.6. The van der Waals surface area contributed by atoms with E-state index in [1.165, 1.54) is 12.1 Å². The van der Waals surface area contributed by atoms with E-state index in [9.17, 15) is 10.1 Å². The standard InChI is InChI=1S/C14H14ClNO4/c1-8-6-10(7-9(2)14(8)19-3)13(15)11-4-5-12(20-11)16(17)18/h4-7,13H,1-3H3. The molecule has 2 aromatic rings. The van der Waals surface area contributed by atoms with Gasteiger partial charge >= 0.3 is 5.88 Å². The molecule has 0 saturated heterocycles. The van der Waals surface area contributed by atoms with Gasteiger partial charge in [-0.2, -0.15) is 0 Å². The molecule has 20 heavy (non-hydrogen) atoms. The number of methoxy groups -OCH3 is 1. The molecule has 5 nitrogen and oxygen atoms in total. The molecule has 0 aliphatic heterocycles. The Morgan fingerprint density at radius 2 is 1.90 bits per heavy atom. The first-order valence-electron chi connectivity index (χ1n) is 5.97. The lowest BCUT2D eigenvalue weighted by Crippen LogP contribution is -1.97. The first kappa shape index (κ1) is 14.4. The number of hydrogen-bond acceptors (Lipinski definition) is 4.